The molecule has 2 saturated heterocycles. The van der Waals surface area contributed by atoms with Crippen LogP contribution in [-0.4, -0.2) is 35.5 Å². The van der Waals surface area contributed by atoms with Crippen molar-refractivity contribution in [3.05, 3.63) is 0 Å². The molecule has 0 aromatic rings. The lowest BCUT2D eigenvalue weighted by Crippen LogP contribution is -2.39. The second-order valence-electron chi connectivity index (χ2n) is 5.18. The minimum atomic E-state index is 0. The molecule has 1 amide bonds. The second kappa shape index (κ2) is 6.86. The third-order valence-electron chi connectivity index (χ3n) is 3.55. The molecular formula is C12H23ClN2OS. The van der Waals surface area contributed by atoms with Gasteiger partial charge in [0.05, 0.1) is 0 Å². The smallest absolute Gasteiger partial charge is 0.221 e. The van der Waals surface area contributed by atoms with E-state index in [-0.39, 0.29) is 18.3 Å². The van der Waals surface area contributed by atoms with Crippen molar-refractivity contribution in [3.63, 3.8) is 0 Å². The molecule has 0 saturated carbocycles. The summed E-state index contributed by atoms with van der Waals surface area (Å²) in [4.78, 5) is 11.7. The van der Waals surface area contributed by atoms with Gasteiger partial charge >= 0.3 is 0 Å². The Morgan fingerprint density at radius 1 is 1.53 bits per heavy atom. The van der Waals surface area contributed by atoms with Crippen molar-refractivity contribution in [2.45, 2.75) is 49.8 Å². The van der Waals surface area contributed by atoms with E-state index in [9.17, 15) is 4.79 Å². The van der Waals surface area contributed by atoms with Gasteiger partial charge in [-0.25, -0.2) is 0 Å². The van der Waals surface area contributed by atoms with Crippen LogP contribution in [0.15, 0.2) is 0 Å². The van der Waals surface area contributed by atoms with Crippen molar-refractivity contribution in [1.82, 2.24) is 10.6 Å². The van der Waals surface area contributed by atoms with Crippen LogP contribution in [0.3, 0.4) is 0 Å². The van der Waals surface area contributed by atoms with Gasteiger partial charge in [0, 0.05) is 23.8 Å². The van der Waals surface area contributed by atoms with Gasteiger partial charge < -0.3 is 10.6 Å². The molecule has 2 unspecified atom stereocenters. The molecular weight excluding hydrogens is 256 g/mol. The van der Waals surface area contributed by atoms with Crippen LogP contribution >= 0.6 is 24.2 Å². The van der Waals surface area contributed by atoms with E-state index in [1.165, 1.54) is 25.0 Å². The summed E-state index contributed by atoms with van der Waals surface area (Å²) in [5.41, 5.74) is 0. The molecule has 2 aliphatic rings. The second-order valence-corrected chi connectivity index (χ2v) is 6.86. The third-order valence-corrected chi connectivity index (χ3v) is 5.09. The average Bonchev–Trinajstić information content (AvgIpc) is 2.88. The number of thioether (sulfide) groups is 1. The number of halogens is 1. The lowest BCUT2D eigenvalue weighted by Gasteiger charge is -2.23. The molecule has 17 heavy (non-hydrogen) atoms. The van der Waals surface area contributed by atoms with Crippen LogP contribution in [0.4, 0.5) is 0 Å². The molecule has 2 heterocycles. The van der Waals surface area contributed by atoms with Crippen LogP contribution in [0, 0.1) is 0 Å². The highest BCUT2D eigenvalue weighted by molar-refractivity contribution is 8.00. The molecule has 0 aromatic carbocycles. The average molecular weight is 279 g/mol. The molecule has 0 spiro atoms. The Kier molecular flexibility index (Phi) is 6.10. The first-order chi connectivity index (χ1) is 7.68. The summed E-state index contributed by atoms with van der Waals surface area (Å²) in [6.45, 7) is 4.17. The Balaban J connectivity index is 0.00000144. The maximum Gasteiger partial charge on any atom is 0.221 e. The Labute approximate surface area is 114 Å². The van der Waals surface area contributed by atoms with Gasteiger partial charge in [-0.3, -0.25) is 4.79 Å². The fourth-order valence-corrected chi connectivity index (χ4v) is 3.73. The molecule has 2 N–H and O–H groups in total. The molecule has 2 aliphatic heterocycles. The van der Waals surface area contributed by atoms with Gasteiger partial charge in [0.2, 0.25) is 5.91 Å². The predicted molar refractivity (Wildman–Crippen MR) is 76.0 cm³/mol. The Hall–Kier alpha value is 0.0700. The number of carbonyl (C=O) groups excluding carboxylic acids is 1. The number of carbonyl (C=O) groups is 1. The Morgan fingerprint density at radius 3 is 2.94 bits per heavy atom. The number of amides is 1. The maximum absolute atomic E-state index is 11.7. The lowest BCUT2D eigenvalue weighted by atomic mass is 10.1. The van der Waals surface area contributed by atoms with Crippen molar-refractivity contribution in [2.75, 3.05) is 18.8 Å². The van der Waals surface area contributed by atoms with Crippen molar-refractivity contribution >= 4 is 30.1 Å². The molecule has 3 nitrogen and oxygen atoms in total. The summed E-state index contributed by atoms with van der Waals surface area (Å²) in [5, 5.41) is 6.45. The molecule has 0 radical (unpaired) electrons. The molecule has 5 heteroatoms. The van der Waals surface area contributed by atoms with Crippen LogP contribution in [0.25, 0.3) is 0 Å². The molecule has 0 aromatic heterocycles. The monoisotopic (exact) mass is 278 g/mol. The van der Waals surface area contributed by atoms with Crippen molar-refractivity contribution < 1.29 is 4.79 Å². The van der Waals surface area contributed by atoms with Gasteiger partial charge in [-0.15, -0.1) is 12.4 Å². The van der Waals surface area contributed by atoms with Gasteiger partial charge in [0.1, 0.15) is 0 Å². The fraction of sp³-hybridized carbons (Fsp3) is 0.917. The van der Waals surface area contributed by atoms with Crippen molar-refractivity contribution in [3.8, 4) is 0 Å². The zero-order valence-corrected chi connectivity index (χ0v) is 12.1. The third kappa shape index (κ3) is 4.68. The number of nitrogens with one attached hydrogen (secondary N) is 2. The summed E-state index contributed by atoms with van der Waals surface area (Å²) >= 11 is 2.00. The SMILES string of the molecule is CC1(CNC(=O)CC2CCCN2)CCCS1.Cl. The summed E-state index contributed by atoms with van der Waals surface area (Å²) in [7, 11) is 0. The summed E-state index contributed by atoms with van der Waals surface area (Å²) in [5.74, 6) is 1.46. The number of hydrogen-bond acceptors (Lipinski definition) is 3. The first-order valence-corrected chi connectivity index (χ1v) is 7.31. The van der Waals surface area contributed by atoms with E-state index in [1.54, 1.807) is 0 Å². The van der Waals surface area contributed by atoms with Crippen LogP contribution in [0.1, 0.15) is 39.0 Å². The zero-order chi connectivity index (χ0) is 11.4. The van der Waals surface area contributed by atoms with Crippen molar-refractivity contribution in [2.24, 2.45) is 0 Å². The zero-order valence-electron chi connectivity index (χ0n) is 10.5. The van der Waals surface area contributed by atoms with Crippen LogP contribution in [0.2, 0.25) is 0 Å². The predicted octanol–water partition coefficient (Wildman–Crippen LogP) is 1.95. The Morgan fingerprint density at radius 2 is 2.35 bits per heavy atom. The standard InChI is InChI=1S/C12H22N2OS.ClH/c1-12(5-3-7-16-12)9-14-11(15)8-10-4-2-6-13-10;/h10,13H,2-9H2,1H3,(H,14,15);1H. The topological polar surface area (TPSA) is 41.1 Å². The van der Waals surface area contributed by atoms with E-state index in [0.717, 1.165) is 19.5 Å². The van der Waals surface area contributed by atoms with Crippen LogP contribution < -0.4 is 10.6 Å². The highest BCUT2D eigenvalue weighted by Gasteiger charge is 2.30. The van der Waals surface area contributed by atoms with Crippen LogP contribution in [0.5, 0.6) is 0 Å². The van der Waals surface area contributed by atoms with Gasteiger partial charge in [-0.2, -0.15) is 11.8 Å². The normalized spacial score (nSPS) is 32.2. The molecule has 2 rings (SSSR count). The number of hydrogen-bond donors (Lipinski definition) is 2. The summed E-state index contributed by atoms with van der Waals surface area (Å²) in [6.07, 6.45) is 5.55. The lowest BCUT2D eigenvalue weighted by molar-refractivity contribution is -0.121. The minimum absolute atomic E-state index is 0. The van der Waals surface area contributed by atoms with E-state index < -0.39 is 0 Å². The summed E-state index contributed by atoms with van der Waals surface area (Å²) < 4.78 is 0.290. The Bertz CT molecular complexity index is 251. The van der Waals surface area contributed by atoms with Crippen molar-refractivity contribution in [1.29, 1.82) is 0 Å². The van der Waals surface area contributed by atoms with E-state index in [1.807, 2.05) is 11.8 Å². The largest absolute Gasteiger partial charge is 0.355 e. The van der Waals surface area contributed by atoms with Gasteiger partial charge in [0.15, 0.2) is 0 Å². The summed E-state index contributed by atoms with van der Waals surface area (Å²) in [6, 6.07) is 0.420. The molecule has 2 fully saturated rings. The van der Waals surface area contributed by atoms with Gasteiger partial charge in [0.25, 0.3) is 0 Å². The minimum Gasteiger partial charge on any atom is -0.355 e. The highest BCUT2D eigenvalue weighted by Crippen LogP contribution is 2.36. The molecule has 0 aliphatic carbocycles. The van der Waals surface area contributed by atoms with E-state index in [2.05, 4.69) is 17.6 Å². The fourth-order valence-electron chi connectivity index (χ4n) is 2.49. The van der Waals surface area contributed by atoms with E-state index >= 15 is 0 Å². The highest BCUT2D eigenvalue weighted by atomic mass is 35.5. The quantitative estimate of drug-likeness (QED) is 0.826. The van der Waals surface area contributed by atoms with Crippen LogP contribution in [-0.2, 0) is 4.79 Å². The first-order valence-electron chi connectivity index (χ1n) is 6.32. The van der Waals surface area contributed by atoms with E-state index in [0.29, 0.717) is 17.2 Å². The van der Waals surface area contributed by atoms with Gasteiger partial charge in [-0.1, -0.05) is 0 Å². The van der Waals surface area contributed by atoms with Gasteiger partial charge in [-0.05, 0) is 44.9 Å². The molecule has 100 valence electrons. The maximum atomic E-state index is 11.7. The molecule has 0 bridgehead atoms. The van der Waals surface area contributed by atoms with E-state index in [4.69, 9.17) is 0 Å². The number of rotatable bonds is 4. The molecule has 2 atom stereocenters. The first kappa shape index (κ1) is 15.1.